The average molecular weight is 272 g/mol. The topological polar surface area (TPSA) is 84.9 Å². The fourth-order valence-corrected chi connectivity index (χ4v) is 1.04. The molecular weight excluding hydrogens is 252 g/mol. The van der Waals surface area contributed by atoms with Gasteiger partial charge in [-0.3, -0.25) is 0 Å². The molecule has 0 aromatic carbocycles. The Morgan fingerprint density at radius 3 is 2.37 bits per heavy atom. The van der Waals surface area contributed by atoms with E-state index in [0.29, 0.717) is 6.54 Å². The highest BCUT2D eigenvalue weighted by atomic mass is 16.5. The first-order valence-corrected chi connectivity index (χ1v) is 5.85. The number of likely N-dealkylation sites (N-methyl/N-ethyl adjacent to an activating group) is 1. The highest BCUT2D eigenvalue weighted by Crippen LogP contribution is 1.98. The summed E-state index contributed by atoms with van der Waals surface area (Å²) in [4.78, 5) is 34.9. The molecule has 1 atom stereocenters. The normalized spacial score (nSPS) is 11.8. The van der Waals surface area contributed by atoms with Crippen molar-refractivity contribution < 1.29 is 23.9 Å². The van der Waals surface area contributed by atoms with E-state index in [-0.39, 0.29) is 18.7 Å². The molecule has 0 aliphatic heterocycles. The number of carbonyl (C=O) groups excluding carboxylic acids is 3. The molecule has 0 fully saturated rings. The van der Waals surface area contributed by atoms with Crippen LogP contribution in [0.25, 0.3) is 0 Å². The molecule has 0 aromatic heterocycles. The molecule has 19 heavy (non-hydrogen) atoms. The summed E-state index contributed by atoms with van der Waals surface area (Å²) in [5.41, 5.74) is 0. The molecule has 0 radical (unpaired) electrons. The molecule has 0 rings (SSSR count). The molecule has 0 aliphatic carbocycles. The van der Waals surface area contributed by atoms with Gasteiger partial charge in [0.05, 0.1) is 13.2 Å². The third-order valence-electron chi connectivity index (χ3n) is 2.33. The maximum absolute atomic E-state index is 11.5. The molecule has 108 valence electrons. The summed E-state index contributed by atoms with van der Waals surface area (Å²) >= 11 is 0. The molecule has 1 N–H and O–H groups in total. The summed E-state index contributed by atoms with van der Waals surface area (Å²) < 4.78 is 9.22. The van der Waals surface area contributed by atoms with E-state index in [0.717, 1.165) is 12.2 Å². The van der Waals surface area contributed by atoms with Crippen LogP contribution in [0.5, 0.6) is 0 Å². The first-order valence-electron chi connectivity index (χ1n) is 5.85. The molecule has 0 heterocycles. The van der Waals surface area contributed by atoms with Gasteiger partial charge in [-0.25, -0.2) is 14.4 Å². The number of nitrogens with one attached hydrogen (secondary N) is 1. The molecule has 0 saturated heterocycles. The van der Waals surface area contributed by atoms with Crippen molar-refractivity contribution in [3.63, 3.8) is 0 Å². The van der Waals surface area contributed by atoms with Gasteiger partial charge in [0.25, 0.3) is 0 Å². The molecule has 0 spiro atoms. The Morgan fingerprint density at radius 2 is 1.84 bits per heavy atom. The van der Waals surface area contributed by atoms with E-state index >= 15 is 0 Å². The maximum atomic E-state index is 11.5. The monoisotopic (exact) mass is 272 g/mol. The lowest BCUT2D eigenvalue weighted by molar-refractivity contribution is -0.140. The van der Waals surface area contributed by atoms with E-state index in [1.165, 1.54) is 12.0 Å². The number of hydrogen-bond acceptors (Lipinski definition) is 5. The van der Waals surface area contributed by atoms with Gasteiger partial charge in [0.15, 0.2) is 0 Å². The van der Waals surface area contributed by atoms with Crippen molar-refractivity contribution in [3.05, 3.63) is 12.2 Å². The summed E-state index contributed by atoms with van der Waals surface area (Å²) in [6.07, 6.45) is 1.95. The van der Waals surface area contributed by atoms with Crippen molar-refractivity contribution in [2.24, 2.45) is 0 Å². The van der Waals surface area contributed by atoms with Crippen LogP contribution in [0.15, 0.2) is 12.2 Å². The van der Waals surface area contributed by atoms with E-state index in [2.05, 4.69) is 10.1 Å². The summed E-state index contributed by atoms with van der Waals surface area (Å²) in [5, 5.41) is 2.63. The fourth-order valence-electron chi connectivity index (χ4n) is 1.04. The summed E-state index contributed by atoms with van der Waals surface area (Å²) in [6, 6.07) is -0.516. The second-order valence-corrected chi connectivity index (χ2v) is 3.78. The van der Waals surface area contributed by atoms with Gasteiger partial charge in [0.1, 0.15) is 6.61 Å². The van der Waals surface area contributed by atoms with E-state index in [4.69, 9.17) is 4.74 Å². The Balaban J connectivity index is 4.11. The molecule has 7 nitrogen and oxygen atoms in total. The maximum Gasteiger partial charge on any atom is 0.331 e. The first-order chi connectivity index (χ1) is 8.92. The van der Waals surface area contributed by atoms with E-state index in [9.17, 15) is 14.4 Å². The summed E-state index contributed by atoms with van der Waals surface area (Å²) in [5.74, 6) is -1.30. The highest BCUT2D eigenvalue weighted by molar-refractivity contribution is 5.91. The standard InChI is InChI=1S/C12H20N2O5/c1-5-13-12(17)14(3)9(2)8-19-11(16)7-6-10(15)18-4/h6-7,9H,5,8H2,1-4H3,(H,13,17)/b7-6+/t9-/m1/s1. The number of urea groups is 1. The number of methoxy groups -OCH3 is 1. The predicted octanol–water partition coefficient (Wildman–Crippen LogP) is 0.309. The van der Waals surface area contributed by atoms with E-state index in [1.54, 1.807) is 14.0 Å². The van der Waals surface area contributed by atoms with Crippen LogP contribution in [-0.2, 0) is 19.1 Å². The molecule has 7 heteroatoms. The van der Waals surface area contributed by atoms with Crippen LogP contribution in [-0.4, -0.2) is 56.2 Å². The van der Waals surface area contributed by atoms with Gasteiger partial charge in [0, 0.05) is 25.7 Å². The van der Waals surface area contributed by atoms with Crippen molar-refractivity contribution >= 4 is 18.0 Å². The molecule has 0 aromatic rings. The van der Waals surface area contributed by atoms with Crippen molar-refractivity contribution in [1.82, 2.24) is 10.2 Å². The van der Waals surface area contributed by atoms with E-state index in [1.807, 2.05) is 6.92 Å². The van der Waals surface area contributed by atoms with Crippen LogP contribution < -0.4 is 5.32 Å². The Bertz CT molecular complexity index is 354. The Morgan fingerprint density at radius 1 is 1.26 bits per heavy atom. The SMILES string of the molecule is CCNC(=O)N(C)[C@H](C)COC(=O)/C=C/C(=O)OC. The zero-order chi connectivity index (χ0) is 14.8. The lowest BCUT2D eigenvalue weighted by Crippen LogP contribution is -2.44. The Hall–Kier alpha value is -2.05. The van der Waals surface area contributed by atoms with Crippen LogP contribution >= 0.6 is 0 Å². The van der Waals surface area contributed by atoms with Gasteiger partial charge in [-0.15, -0.1) is 0 Å². The van der Waals surface area contributed by atoms with Crippen LogP contribution in [0.1, 0.15) is 13.8 Å². The van der Waals surface area contributed by atoms with Crippen molar-refractivity contribution in [1.29, 1.82) is 0 Å². The summed E-state index contributed by atoms with van der Waals surface area (Å²) in [6.45, 7) is 4.12. The molecule has 0 unspecified atom stereocenters. The number of nitrogens with zero attached hydrogens (tertiary/aromatic N) is 1. The number of ether oxygens (including phenoxy) is 2. The number of amides is 2. The third-order valence-corrected chi connectivity index (χ3v) is 2.33. The van der Waals surface area contributed by atoms with Crippen LogP contribution in [0.2, 0.25) is 0 Å². The minimum atomic E-state index is -0.665. The smallest absolute Gasteiger partial charge is 0.331 e. The predicted molar refractivity (Wildman–Crippen MR) is 68.4 cm³/mol. The molecule has 0 saturated carbocycles. The van der Waals surface area contributed by atoms with Gasteiger partial charge in [0.2, 0.25) is 0 Å². The Kier molecular flexibility index (Phi) is 7.99. The van der Waals surface area contributed by atoms with Crippen LogP contribution in [0, 0.1) is 0 Å². The number of hydrogen-bond donors (Lipinski definition) is 1. The largest absolute Gasteiger partial charge is 0.466 e. The second-order valence-electron chi connectivity index (χ2n) is 3.78. The zero-order valence-corrected chi connectivity index (χ0v) is 11.6. The average Bonchev–Trinajstić information content (AvgIpc) is 2.41. The first kappa shape index (κ1) is 16.9. The van der Waals surface area contributed by atoms with Crippen molar-refractivity contribution in [3.8, 4) is 0 Å². The van der Waals surface area contributed by atoms with Gasteiger partial charge in [-0.1, -0.05) is 0 Å². The molecule has 2 amide bonds. The van der Waals surface area contributed by atoms with Gasteiger partial charge < -0.3 is 19.7 Å². The van der Waals surface area contributed by atoms with Gasteiger partial charge in [-0.2, -0.15) is 0 Å². The molecule has 0 bridgehead atoms. The lowest BCUT2D eigenvalue weighted by atomic mass is 10.3. The summed E-state index contributed by atoms with van der Waals surface area (Å²) in [7, 11) is 2.81. The fraction of sp³-hybridized carbons (Fsp3) is 0.583. The van der Waals surface area contributed by atoms with Crippen LogP contribution in [0.4, 0.5) is 4.79 Å². The second kappa shape index (κ2) is 8.96. The highest BCUT2D eigenvalue weighted by Gasteiger charge is 2.16. The van der Waals surface area contributed by atoms with Gasteiger partial charge in [-0.05, 0) is 13.8 Å². The lowest BCUT2D eigenvalue weighted by Gasteiger charge is -2.24. The minimum Gasteiger partial charge on any atom is -0.466 e. The van der Waals surface area contributed by atoms with Crippen molar-refractivity contribution in [2.45, 2.75) is 19.9 Å². The van der Waals surface area contributed by atoms with Crippen LogP contribution in [0.3, 0.4) is 0 Å². The number of esters is 2. The van der Waals surface area contributed by atoms with Crippen molar-refractivity contribution in [2.75, 3.05) is 27.3 Å². The molecule has 0 aliphatic rings. The zero-order valence-electron chi connectivity index (χ0n) is 11.6. The van der Waals surface area contributed by atoms with E-state index < -0.39 is 11.9 Å². The third kappa shape index (κ3) is 7.07. The van der Waals surface area contributed by atoms with Gasteiger partial charge >= 0.3 is 18.0 Å². The minimum absolute atomic E-state index is 0.0397. The Labute approximate surface area is 112 Å². The number of rotatable bonds is 6. The number of carbonyl (C=O) groups is 3. The quantitative estimate of drug-likeness (QED) is 0.555. The molecular formula is C12H20N2O5.